The van der Waals surface area contributed by atoms with Gasteiger partial charge in [0.15, 0.2) is 0 Å². The molecule has 1 aliphatic rings. The normalized spacial score (nSPS) is 15.4. The third kappa shape index (κ3) is 3.31. The molecule has 0 saturated heterocycles. The predicted molar refractivity (Wildman–Crippen MR) is 55.1 cm³/mol. The van der Waals surface area contributed by atoms with Gasteiger partial charge in [-0.05, 0) is 0 Å². The van der Waals surface area contributed by atoms with Gasteiger partial charge in [-0.2, -0.15) is 5.26 Å². The molecule has 2 heteroatoms. The van der Waals surface area contributed by atoms with E-state index in [0.717, 1.165) is 0 Å². The Bertz CT molecular complexity index is 337. The number of terminal acetylenes is 1. The van der Waals surface area contributed by atoms with Crippen LogP contribution in [0.4, 0.5) is 0 Å². The quantitative estimate of drug-likeness (QED) is 0.380. The van der Waals surface area contributed by atoms with E-state index in [9.17, 15) is 0 Å². The summed E-state index contributed by atoms with van der Waals surface area (Å²) < 4.78 is 5.07. The van der Waals surface area contributed by atoms with Gasteiger partial charge in [0.1, 0.15) is 6.61 Å². The number of allylic oxidation sites excluding steroid dienone is 5. The molecule has 0 amide bonds. The van der Waals surface area contributed by atoms with E-state index in [1.165, 1.54) is 0 Å². The first-order valence-corrected chi connectivity index (χ1v) is 4.34. The summed E-state index contributed by atoms with van der Waals surface area (Å²) >= 11 is 0. The maximum absolute atomic E-state index is 8.79. The van der Waals surface area contributed by atoms with Gasteiger partial charge in [0, 0.05) is 5.92 Å². The average molecular weight is 185 g/mol. The van der Waals surface area contributed by atoms with Gasteiger partial charge in [0.05, 0.1) is 18.2 Å². The molecule has 0 aromatic heterocycles. The fraction of sp³-hybridized carbons (Fsp3) is 0.250. The molecular formula is C12H11NO. The number of hydrogen-bond acceptors (Lipinski definition) is 2. The van der Waals surface area contributed by atoms with E-state index < -0.39 is 0 Å². The maximum atomic E-state index is 8.79. The first kappa shape index (κ1) is 10.3. The lowest BCUT2D eigenvalue weighted by Gasteiger charge is -2.00. The van der Waals surface area contributed by atoms with Crippen molar-refractivity contribution in [1.82, 2.24) is 0 Å². The fourth-order valence-electron chi connectivity index (χ4n) is 1.13. The van der Waals surface area contributed by atoms with Crippen molar-refractivity contribution in [2.24, 2.45) is 5.92 Å². The number of hydrogen-bond donors (Lipinski definition) is 0. The average Bonchev–Trinajstić information content (AvgIpc) is 2.69. The summed E-state index contributed by atoms with van der Waals surface area (Å²) in [7, 11) is 0. The van der Waals surface area contributed by atoms with Crippen molar-refractivity contribution in [2.45, 2.75) is 0 Å². The molecule has 14 heavy (non-hydrogen) atoms. The molecule has 0 heterocycles. The van der Waals surface area contributed by atoms with Crippen molar-refractivity contribution in [3.8, 4) is 18.4 Å². The van der Waals surface area contributed by atoms with Gasteiger partial charge in [-0.1, -0.05) is 36.3 Å². The predicted octanol–water partition coefficient (Wildman–Crippen LogP) is 1.83. The second-order valence-corrected chi connectivity index (χ2v) is 2.85. The molecule has 0 fully saturated rings. The number of nitriles is 1. The lowest BCUT2D eigenvalue weighted by atomic mass is 10.1. The van der Waals surface area contributed by atoms with Gasteiger partial charge < -0.3 is 4.74 Å². The molecule has 70 valence electrons. The molecule has 1 aliphatic carbocycles. The van der Waals surface area contributed by atoms with Crippen molar-refractivity contribution in [1.29, 1.82) is 5.26 Å². The van der Waals surface area contributed by atoms with Crippen LogP contribution >= 0.6 is 0 Å². The minimum absolute atomic E-state index is 0.221. The highest BCUT2D eigenvalue weighted by Crippen LogP contribution is 2.12. The van der Waals surface area contributed by atoms with E-state index in [2.05, 4.69) is 12.0 Å². The highest BCUT2D eigenvalue weighted by atomic mass is 16.5. The van der Waals surface area contributed by atoms with E-state index in [1.54, 1.807) is 0 Å². The molecule has 0 atom stereocenters. The van der Waals surface area contributed by atoms with Crippen LogP contribution in [0.15, 0.2) is 36.0 Å². The molecule has 0 aromatic carbocycles. The van der Waals surface area contributed by atoms with E-state index in [1.807, 2.05) is 30.4 Å². The zero-order chi connectivity index (χ0) is 10.2. The Balaban J connectivity index is 2.46. The first-order chi connectivity index (χ1) is 6.86. The Kier molecular flexibility index (Phi) is 4.27. The van der Waals surface area contributed by atoms with Gasteiger partial charge in [0.2, 0.25) is 0 Å². The van der Waals surface area contributed by atoms with Crippen LogP contribution in [-0.2, 0) is 4.74 Å². The van der Waals surface area contributed by atoms with Crippen molar-refractivity contribution in [3.63, 3.8) is 0 Å². The summed E-state index contributed by atoms with van der Waals surface area (Å²) in [4.78, 5) is 0. The van der Waals surface area contributed by atoms with Crippen LogP contribution in [0.3, 0.4) is 0 Å². The molecule has 0 radical (unpaired) electrons. The lowest BCUT2D eigenvalue weighted by molar-refractivity contribution is 0.194. The minimum Gasteiger partial charge on any atom is -0.363 e. The van der Waals surface area contributed by atoms with Crippen LogP contribution in [0.25, 0.3) is 0 Å². The van der Waals surface area contributed by atoms with Crippen LogP contribution in [0.5, 0.6) is 0 Å². The van der Waals surface area contributed by atoms with Crippen molar-refractivity contribution < 1.29 is 4.74 Å². The second-order valence-electron chi connectivity index (χ2n) is 2.85. The molecule has 2 nitrogen and oxygen atoms in total. The summed E-state index contributed by atoms with van der Waals surface area (Å²) in [6.45, 7) is 0.536. The van der Waals surface area contributed by atoms with Crippen LogP contribution in [-0.4, -0.2) is 13.2 Å². The topological polar surface area (TPSA) is 33.0 Å². The van der Waals surface area contributed by atoms with Crippen LogP contribution in [0.2, 0.25) is 0 Å². The summed E-state index contributed by atoms with van der Waals surface area (Å²) in [6.07, 6.45) is 14.8. The van der Waals surface area contributed by atoms with Crippen molar-refractivity contribution in [3.05, 3.63) is 36.0 Å². The Morgan fingerprint density at radius 2 is 2.21 bits per heavy atom. The number of nitrogens with zero attached hydrogens (tertiary/aromatic N) is 1. The lowest BCUT2D eigenvalue weighted by Crippen LogP contribution is -1.98. The summed E-state index contributed by atoms with van der Waals surface area (Å²) in [6, 6.07) is 2.09. The van der Waals surface area contributed by atoms with Gasteiger partial charge in [-0.3, -0.25) is 0 Å². The largest absolute Gasteiger partial charge is 0.363 e. The molecule has 0 unspecified atom stereocenters. The summed E-state index contributed by atoms with van der Waals surface area (Å²) in [5, 5.41) is 8.79. The summed E-state index contributed by atoms with van der Waals surface area (Å²) in [5.74, 6) is 2.58. The molecule has 1 rings (SSSR count). The third-order valence-electron chi connectivity index (χ3n) is 1.76. The highest BCUT2D eigenvalue weighted by molar-refractivity contribution is 5.30. The van der Waals surface area contributed by atoms with E-state index >= 15 is 0 Å². The molecule has 0 saturated carbocycles. The van der Waals surface area contributed by atoms with Crippen LogP contribution in [0.1, 0.15) is 0 Å². The minimum atomic E-state index is 0.221. The monoisotopic (exact) mass is 185 g/mol. The third-order valence-corrected chi connectivity index (χ3v) is 1.76. The highest BCUT2D eigenvalue weighted by Gasteiger charge is 2.02. The molecular weight excluding hydrogens is 174 g/mol. The molecule has 0 spiro atoms. The van der Waals surface area contributed by atoms with Crippen LogP contribution in [0, 0.1) is 29.6 Å². The molecule has 0 aliphatic heterocycles. The second kappa shape index (κ2) is 5.80. The van der Waals surface area contributed by atoms with Crippen molar-refractivity contribution in [2.75, 3.05) is 13.2 Å². The number of ether oxygens (including phenoxy) is 1. The zero-order valence-electron chi connectivity index (χ0n) is 7.81. The van der Waals surface area contributed by atoms with E-state index in [-0.39, 0.29) is 12.5 Å². The molecule has 0 N–H and O–H groups in total. The van der Waals surface area contributed by atoms with E-state index in [4.69, 9.17) is 16.4 Å². The standard InChI is InChI=1S/C12H11NO/c1-2-7-14-10-12(9-13)8-11-5-3-4-6-11/h1,3-6,8,11H,7,10H2/b12-8+. The Morgan fingerprint density at radius 3 is 2.79 bits per heavy atom. The fourth-order valence-corrected chi connectivity index (χ4v) is 1.13. The van der Waals surface area contributed by atoms with E-state index in [0.29, 0.717) is 12.2 Å². The number of rotatable bonds is 4. The zero-order valence-corrected chi connectivity index (χ0v) is 7.81. The van der Waals surface area contributed by atoms with Gasteiger partial charge in [-0.25, -0.2) is 0 Å². The first-order valence-electron chi connectivity index (χ1n) is 4.34. The smallest absolute Gasteiger partial charge is 0.107 e. The summed E-state index contributed by atoms with van der Waals surface area (Å²) in [5.41, 5.74) is 0.612. The van der Waals surface area contributed by atoms with Gasteiger partial charge >= 0.3 is 0 Å². The maximum Gasteiger partial charge on any atom is 0.107 e. The van der Waals surface area contributed by atoms with Crippen molar-refractivity contribution >= 4 is 0 Å². The van der Waals surface area contributed by atoms with Gasteiger partial charge in [-0.15, -0.1) is 6.42 Å². The van der Waals surface area contributed by atoms with Crippen LogP contribution < -0.4 is 0 Å². The SMILES string of the molecule is C#CCOC/C(C#N)=C/C1C=CC=C1. The van der Waals surface area contributed by atoms with Gasteiger partial charge in [0.25, 0.3) is 0 Å². The Morgan fingerprint density at radius 1 is 1.50 bits per heavy atom. The molecule has 0 aromatic rings. The Labute approximate surface area is 84.2 Å². The molecule has 0 bridgehead atoms. The Hall–Kier alpha value is -1.77.